The first kappa shape index (κ1) is 20.0. The Kier molecular flexibility index (Phi) is 5.17. The largest absolute Gasteiger partial charge is 0.495 e. The fraction of sp³-hybridized carbons (Fsp3) is 0.0800. The third-order valence-corrected chi connectivity index (χ3v) is 6.18. The van der Waals surface area contributed by atoms with Gasteiger partial charge in [0.05, 0.1) is 30.2 Å². The van der Waals surface area contributed by atoms with Crippen molar-refractivity contribution in [2.75, 3.05) is 7.11 Å². The average molecular weight is 441 g/mol. The van der Waals surface area contributed by atoms with Gasteiger partial charge < -0.3 is 14.3 Å². The molecule has 0 unspecified atom stereocenters. The maximum absolute atomic E-state index is 12.6. The quantitative estimate of drug-likeness (QED) is 0.401. The summed E-state index contributed by atoms with van der Waals surface area (Å²) in [6.45, 7) is 1.95. The molecule has 3 aromatic heterocycles. The van der Waals surface area contributed by atoms with Gasteiger partial charge in [-0.15, -0.1) is 11.3 Å². The number of imidazole rings is 1. The molecule has 0 saturated carbocycles. The number of hydrogen-bond acceptors (Lipinski definition) is 5. The van der Waals surface area contributed by atoms with E-state index in [-0.39, 0.29) is 5.56 Å². The molecule has 0 bridgehead atoms. The van der Waals surface area contributed by atoms with Gasteiger partial charge in [-0.3, -0.25) is 4.79 Å². The van der Waals surface area contributed by atoms with Crippen LogP contribution in [0.3, 0.4) is 0 Å². The smallest absolute Gasteiger partial charge is 0.259 e. The van der Waals surface area contributed by atoms with Gasteiger partial charge in [0.25, 0.3) is 5.56 Å². The van der Waals surface area contributed by atoms with Crippen molar-refractivity contribution < 1.29 is 4.74 Å². The first-order valence-electron chi connectivity index (χ1n) is 10.1. The van der Waals surface area contributed by atoms with Gasteiger partial charge in [-0.25, -0.2) is 9.97 Å². The number of rotatable bonds is 5. The third kappa shape index (κ3) is 3.86. The third-order valence-electron chi connectivity index (χ3n) is 5.11. The van der Waals surface area contributed by atoms with Crippen molar-refractivity contribution in [3.05, 3.63) is 94.6 Å². The van der Waals surface area contributed by atoms with E-state index in [9.17, 15) is 4.79 Å². The van der Waals surface area contributed by atoms with Gasteiger partial charge in [-0.2, -0.15) is 0 Å². The molecule has 6 nitrogen and oxygen atoms in total. The number of nitrogens with one attached hydrogen (secondary N) is 1. The second kappa shape index (κ2) is 8.28. The Morgan fingerprint density at radius 3 is 2.69 bits per heavy atom. The van der Waals surface area contributed by atoms with Crippen LogP contribution < -0.4 is 10.3 Å². The van der Waals surface area contributed by atoms with Crippen LogP contribution >= 0.6 is 11.3 Å². The summed E-state index contributed by atoms with van der Waals surface area (Å²) in [5, 5.41) is 0.604. The van der Waals surface area contributed by atoms with Crippen LogP contribution in [-0.2, 0) is 0 Å². The van der Waals surface area contributed by atoms with Crippen molar-refractivity contribution in [1.29, 1.82) is 0 Å². The normalized spacial score (nSPS) is 11.4. The van der Waals surface area contributed by atoms with E-state index in [1.165, 1.54) is 11.3 Å². The Hall–Kier alpha value is -3.97. The van der Waals surface area contributed by atoms with Gasteiger partial charge in [0.2, 0.25) is 0 Å². The maximum atomic E-state index is 12.6. The molecule has 7 heteroatoms. The summed E-state index contributed by atoms with van der Waals surface area (Å²) < 4.78 is 7.50. The number of methoxy groups -OCH3 is 1. The summed E-state index contributed by atoms with van der Waals surface area (Å²) in [7, 11) is 1.64. The van der Waals surface area contributed by atoms with E-state index in [1.54, 1.807) is 19.5 Å². The average Bonchev–Trinajstić information content (AvgIpc) is 3.45. The molecule has 5 aromatic rings. The van der Waals surface area contributed by atoms with Crippen molar-refractivity contribution in [2.24, 2.45) is 0 Å². The minimum atomic E-state index is -0.142. The summed E-state index contributed by atoms with van der Waals surface area (Å²) in [6.07, 6.45) is 7.42. The highest BCUT2D eigenvalue weighted by atomic mass is 32.1. The number of fused-ring (bicyclic) bond motifs is 1. The lowest BCUT2D eigenvalue weighted by Gasteiger charge is -2.09. The number of benzene rings is 2. The lowest BCUT2D eigenvalue weighted by molar-refractivity contribution is 0.413. The van der Waals surface area contributed by atoms with Gasteiger partial charge in [-0.05, 0) is 42.3 Å². The van der Waals surface area contributed by atoms with Crippen LogP contribution in [0.25, 0.3) is 38.5 Å². The Labute approximate surface area is 188 Å². The fourth-order valence-corrected chi connectivity index (χ4v) is 4.56. The monoisotopic (exact) mass is 440 g/mol. The number of H-pyrrole nitrogens is 1. The molecule has 0 spiro atoms. The van der Waals surface area contributed by atoms with Crippen molar-refractivity contribution in [2.45, 2.75) is 6.92 Å². The maximum Gasteiger partial charge on any atom is 0.259 e. The minimum Gasteiger partial charge on any atom is -0.495 e. The number of ether oxygens (including phenoxy) is 1. The number of hydrogen-bond donors (Lipinski definition) is 1. The predicted octanol–water partition coefficient (Wildman–Crippen LogP) is 5.32. The van der Waals surface area contributed by atoms with E-state index in [1.807, 2.05) is 78.4 Å². The van der Waals surface area contributed by atoms with Crippen molar-refractivity contribution in [3.8, 4) is 21.9 Å². The van der Waals surface area contributed by atoms with Crippen LogP contribution in [0.1, 0.15) is 17.1 Å². The SMILES string of the molecule is COc1cc(/C=C/c2nc3sc(-c4ccccc4)cc3c(=O)[nH]2)ccc1-n1cnc(C)c1. The molecule has 0 aliphatic heterocycles. The van der Waals surface area contributed by atoms with E-state index in [4.69, 9.17) is 4.74 Å². The predicted molar refractivity (Wildman–Crippen MR) is 129 cm³/mol. The molecule has 0 atom stereocenters. The van der Waals surface area contributed by atoms with Gasteiger partial charge in [-0.1, -0.05) is 42.5 Å². The van der Waals surface area contributed by atoms with E-state index in [0.29, 0.717) is 11.2 Å². The van der Waals surface area contributed by atoms with Crippen LogP contribution in [0, 0.1) is 6.92 Å². The number of thiophene rings is 1. The number of aromatic amines is 1. The summed E-state index contributed by atoms with van der Waals surface area (Å²) in [5.74, 6) is 1.24. The van der Waals surface area contributed by atoms with Crippen LogP contribution in [0.5, 0.6) is 5.75 Å². The summed E-state index contributed by atoms with van der Waals surface area (Å²) in [6, 6.07) is 17.8. The highest BCUT2D eigenvalue weighted by molar-refractivity contribution is 7.21. The molecular weight excluding hydrogens is 420 g/mol. The second-order valence-electron chi connectivity index (χ2n) is 7.33. The molecule has 0 radical (unpaired) electrons. The molecule has 1 N–H and O–H groups in total. The lowest BCUT2D eigenvalue weighted by Crippen LogP contribution is -2.07. The van der Waals surface area contributed by atoms with Crippen LogP contribution in [0.15, 0.2) is 71.9 Å². The summed E-state index contributed by atoms with van der Waals surface area (Å²) >= 11 is 1.51. The lowest BCUT2D eigenvalue weighted by atomic mass is 10.1. The molecule has 32 heavy (non-hydrogen) atoms. The van der Waals surface area contributed by atoms with Gasteiger partial charge >= 0.3 is 0 Å². The van der Waals surface area contributed by atoms with Crippen molar-refractivity contribution >= 4 is 33.7 Å². The first-order valence-corrected chi connectivity index (χ1v) is 10.9. The Balaban J connectivity index is 1.46. The van der Waals surface area contributed by atoms with E-state index in [0.717, 1.165) is 38.0 Å². The molecule has 0 aliphatic rings. The Morgan fingerprint density at radius 1 is 1.09 bits per heavy atom. The molecule has 0 aliphatic carbocycles. The van der Waals surface area contributed by atoms with Gasteiger partial charge in [0.15, 0.2) is 0 Å². The zero-order chi connectivity index (χ0) is 22.1. The second-order valence-corrected chi connectivity index (χ2v) is 8.36. The van der Waals surface area contributed by atoms with Gasteiger partial charge in [0.1, 0.15) is 16.4 Å². The highest BCUT2D eigenvalue weighted by Crippen LogP contribution is 2.31. The highest BCUT2D eigenvalue weighted by Gasteiger charge is 2.10. The van der Waals surface area contributed by atoms with E-state index in [2.05, 4.69) is 15.0 Å². The standard InChI is InChI=1S/C25H20N4O2S/c1-16-14-29(15-26-16)20-10-8-17(12-21(20)31-2)9-11-23-27-24(30)19-13-22(32-25(19)28-23)18-6-4-3-5-7-18/h3-15H,1-2H3,(H,27,28,30)/b11-9+. The molecule has 5 rings (SSSR count). The summed E-state index contributed by atoms with van der Waals surface area (Å²) in [5.41, 5.74) is 3.71. The zero-order valence-electron chi connectivity index (χ0n) is 17.6. The van der Waals surface area contributed by atoms with Crippen molar-refractivity contribution in [1.82, 2.24) is 19.5 Å². The molecular formula is C25H20N4O2S. The molecule has 0 saturated heterocycles. The Morgan fingerprint density at radius 2 is 1.94 bits per heavy atom. The van der Waals surface area contributed by atoms with Crippen LogP contribution in [-0.4, -0.2) is 26.6 Å². The van der Waals surface area contributed by atoms with E-state index >= 15 is 0 Å². The minimum absolute atomic E-state index is 0.142. The van der Waals surface area contributed by atoms with Gasteiger partial charge in [0, 0.05) is 11.1 Å². The van der Waals surface area contributed by atoms with Crippen LogP contribution in [0.2, 0.25) is 0 Å². The number of aryl methyl sites for hydroxylation is 1. The van der Waals surface area contributed by atoms with E-state index < -0.39 is 0 Å². The number of nitrogens with zero attached hydrogens (tertiary/aromatic N) is 3. The van der Waals surface area contributed by atoms with Crippen molar-refractivity contribution in [3.63, 3.8) is 0 Å². The van der Waals surface area contributed by atoms with Crippen LogP contribution in [0.4, 0.5) is 0 Å². The number of aromatic nitrogens is 4. The Bertz CT molecular complexity index is 1500. The fourth-order valence-electron chi connectivity index (χ4n) is 3.51. The molecule has 158 valence electrons. The molecule has 2 aromatic carbocycles. The zero-order valence-corrected chi connectivity index (χ0v) is 18.4. The first-order chi connectivity index (χ1) is 15.6. The molecule has 0 amide bonds. The molecule has 3 heterocycles. The summed E-state index contributed by atoms with van der Waals surface area (Å²) in [4.78, 5) is 26.1. The molecule has 0 fully saturated rings. The topological polar surface area (TPSA) is 72.8 Å².